The molecule has 174 valence electrons. The van der Waals surface area contributed by atoms with Crippen LogP contribution in [0.25, 0.3) is 0 Å². The van der Waals surface area contributed by atoms with Gasteiger partial charge >= 0.3 is 0 Å². The van der Waals surface area contributed by atoms with Crippen molar-refractivity contribution >= 4 is 27.3 Å². The fraction of sp³-hybridized carbons (Fsp3) is 0.320. The van der Waals surface area contributed by atoms with E-state index in [-0.39, 0.29) is 35.9 Å². The molecule has 0 radical (unpaired) electrons. The van der Waals surface area contributed by atoms with Gasteiger partial charge in [0.1, 0.15) is 10.7 Å². The highest BCUT2D eigenvalue weighted by atomic mass is 32.2. The molecule has 1 unspecified atom stereocenters. The highest BCUT2D eigenvalue weighted by molar-refractivity contribution is 7.89. The minimum absolute atomic E-state index is 0.0871. The van der Waals surface area contributed by atoms with Gasteiger partial charge in [-0.1, -0.05) is 49.4 Å². The number of hydrogen-bond acceptors (Lipinski definition) is 4. The Labute approximate surface area is 198 Å². The van der Waals surface area contributed by atoms with Crippen LogP contribution in [0.15, 0.2) is 70.9 Å². The van der Waals surface area contributed by atoms with Gasteiger partial charge in [-0.25, -0.2) is 12.8 Å². The minimum Gasteiger partial charge on any atom is -0.344 e. The molecule has 8 heteroatoms. The van der Waals surface area contributed by atoms with E-state index in [0.717, 1.165) is 22.9 Å². The van der Waals surface area contributed by atoms with Crippen LogP contribution >= 0.6 is 11.3 Å². The van der Waals surface area contributed by atoms with Gasteiger partial charge in [-0.05, 0) is 54.0 Å². The Hall–Kier alpha value is -2.55. The summed E-state index contributed by atoms with van der Waals surface area (Å²) in [4.78, 5) is 13.9. The molecule has 0 bridgehead atoms. The molecule has 1 saturated heterocycles. The Morgan fingerprint density at radius 1 is 1.09 bits per heavy atom. The lowest BCUT2D eigenvalue weighted by Crippen LogP contribution is -2.43. The van der Waals surface area contributed by atoms with Crippen LogP contribution in [0.5, 0.6) is 0 Å². The van der Waals surface area contributed by atoms with Gasteiger partial charge in [-0.3, -0.25) is 4.79 Å². The number of aryl methyl sites for hydroxylation is 1. The maximum absolute atomic E-state index is 14.1. The van der Waals surface area contributed by atoms with Gasteiger partial charge in [-0.2, -0.15) is 4.31 Å². The van der Waals surface area contributed by atoms with Crippen LogP contribution in [0, 0.1) is 11.7 Å². The standard InChI is InChI=1S/C25H27FN2O3S2/c1-2-18-9-11-19(12-10-18)24(22-7-5-17-32-22)27-25(29)20-13-15-28(16-14-20)33(30,31)23-8-4-3-6-21(23)26/h3-12,17,20,24H,2,13-16H2,1H3,(H,27,29). The molecule has 0 saturated carbocycles. The largest absolute Gasteiger partial charge is 0.344 e. The Morgan fingerprint density at radius 2 is 1.79 bits per heavy atom. The summed E-state index contributed by atoms with van der Waals surface area (Å²) in [6.45, 7) is 2.47. The summed E-state index contributed by atoms with van der Waals surface area (Å²) < 4.78 is 41.0. The summed E-state index contributed by atoms with van der Waals surface area (Å²) in [5.74, 6) is -1.14. The van der Waals surface area contributed by atoms with Crippen LogP contribution in [0.2, 0.25) is 0 Å². The van der Waals surface area contributed by atoms with Gasteiger partial charge in [0.15, 0.2) is 0 Å². The van der Waals surface area contributed by atoms with Crippen molar-refractivity contribution in [2.24, 2.45) is 5.92 Å². The van der Waals surface area contributed by atoms with E-state index in [2.05, 4.69) is 24.4 Å². The molecule has 1 N–H and O–H groups in total. The first kappa shape index (κ1) is 23.6. The second kappa shape index (κ2) is 10.2. The third-order valence-corrected chi connectivity index (χ3v) is 8.98. The molecule has 5 nitrogen and oxygen atoms in total. The lowest BCUT2D eigenvalue weighted by Gasteiger charge is -2.31. The van der Waals surface area contributed by atoms with Crippen molar-refractivity contribution in [3.05, 3.63) is 87.9 Å². The zero-order valence-corrected chi connectivity index (χ0v) is 20.0. The second-order valence-corrected chi connectivity index (χ2v) is 11.0. The Balaban J connectivity index is 1.44. The fourth-order valence-electron chi connectivity index (χ4n) is 4.13. The predicted octanol–water partition coefficient (Wildman–Crippen LogP) is 4.76. The van der Waals surface area contributed by atoms with E-state index in [1.165, 1.54) is 28.1 Å². The average molecular weight is 487 g/mol. The first-order chi connectivity index (χ1) is 15.9. The summed E-state index contributed by atoms with van der Waals surface area (Å²) in [7, 11) is -3.92. The Morgan fingerprint density at radius 3 is 2.39 bits per heavy atom. The maximum Gasteiger partial charge on any atom is 0.245 e. The Bertz CT molecular complexity index is 1190. The molecule has 1 aliphatic heterocycles. The SMILES string of the molecule is CCc1ccc(C(NC(=O)C2CCN(S(=O)(=O)c3ccccc3F)CC2)c2cccs2)cc1. The highest BCUT2D eigenvalue weighted by Crippen LogP contribution is 2.29. The third kappa shape index (κ3) is 5.18. The molecule has 1 aromatic heterocycles. The number of nitrogens with one attached hydrogen (secondary N) is 1. The van der Waals surface area contributed by atoms with E-state index < -0.39 is 15.8 Å². The third-order valence-electron chi connectivity index (χ3n) is 6.11. The quantitative estimate of drug-likeness (QED) is 0.524. The number of carbonyl (C=O) groups excluding carboxylic acids is 1. The minimum atomic E-state index is -3.92. The fourth-order valence-corrected chi connectivity index (χ4v) is 6.47. The first-order valence-electron chi connectivity index (χ1n) is 11.1. The lowest BCUT2D eigenvalue weighted by atomic mass is 9.95. The first-order valence-corrected chi connectivity index (χ1v) is 13.4. The van der Waals surface area contributed by atoms with E-state index in [4.69, 9.17) is 0 Å². The summed E-state index contributed by atoms with van der Waals surface area (Å²) in [6, 6.07) is 17.4. The van der Waals surface area contributed by atoms with Gasteiger partial charge in [-0.15, -0.1) is 11.3 Å². The molecule has 2 heterocycles. The zero-order chi connectivity index (χ0) is 23.4. The highest BCUT2D eigenvalue weighted by Gasteiger charge is 2.34. The smallest absolute Gasteiger partial charge is 0.245 e. The van der Waals surface area contributed by atoms with Gasteiger partial charge in [0.2, 0.25) is 15.9 Å². The number of thiophene rings is 1. The second-order valence-electron chi connectivity index (χ2n) is 8.16. The topological polar surface area (TPSA) is 66.5 Å². The molecule has 3 aromatic rings. The molecular formula is C25H27FN2O3S2. The average Bonchev–Trinajstić information content (AvgIpc) is 3.37. The number of piperidine rings is 1. The van der Waals surface area contributed by atoms with Crippen LogP contribution in [0.4, 0.5) is 4.39 Å². The number of nitrogens with zero attached hydrogens (tertiary/aromatic N) is 1. The van der Waals surface area contributed by atoms with Gasteiger partial charge < -0.3 is 5.32 Å². The van der Waals surface area contributed by atoms with E-state index >= 15 is 0 Å². The van der Waals surface area contributed by atoms with Gasteiger partial charge in [0.25, 0.3) is 0 Å². The van der Waals surface area contributed by atoms with Crippen molar-refractivity contribution < 1.29 is 17.6 Å². The van der Waals surface area contributed by atoms with Gasteiger partial charge in [0, 0.05) is 23.9 Å². The van der Waals surface area contributed by atoms with Crippen LogP contribution in [0.3, 0.4) is 0 Å². The molecule has 0 aliphatic carbocycles. The number of halogens is 1. The number of amides is 1. The molecule has 2 aromatic carbocycles. The summed E-state index contributed by atoms with van der Waals surface area (Å²) in [5.41, 5.74) is 2.25. The maximum atomic E-state index is 14.1. The van der Waals surface area contributed by atoms with Crippen molar-refractivity contribution in [2.45, 2.75) is 37.1 Å². The van der Waals surface area contributed by atoms with Gasteiger partial charge in [0.05, 0.1) is 6.04 Å². The summed E-state index contributed by atoms with van der Waals surface area (Å²) in [5, 5.41) is 5.17. The number of hydrogen-bond donors (Lipinski definition) is 1. The molecule has 1 aliphatic rings. The molecule has 4 rings (SSSR count). The molecule has 1 amide bonds. The van der Waals surface area contributed by atoms with E-state index in [1.807, 2.05) is 29.6 Å². The molecule has 33 heavy (non-hydrogen) atoms. The van der Waals surface area contributed by atoms with E-state index in [0.29, 0.717) is 12.8 Å². The molecule has 0 spiro atoms. The van der Waals surface area contributed by atoms with Crippen LogP contribution in [-0.4, -0.2) is 31.7 Å². The van der Waals surface area contributed by atoms with Crippen molar-refractivity contribution in [2.75, 3.05) is 13.1 Å². The van der Waals surface area contributed by atoms with Crippen molar-refractivity contribution in [1.29, 1.82) is 0 Å². The zero-order valence-electron chi connectivity index (χ0n) is 18.4. The van der Waals surface area contributed by atoms with Crippen molar-refractivity contribution in [1.82, 2.24) is 9.62 Å². The van der Waals surface area contributed by atoms with E-state index in [1.54, 1.807) is 11.3 Å². The predicted molar refractivity (Wildman–Crippen MR) is 128 cm³/mol. The van der Waals surface area contributed by atoms with Crippen LogP contribution < -0.4 is 5.32 Å². The van der Waals surface area contributed by atoms with Crippen LogP contribution in [0.1, 0.15) is 41.8 Å². The number of rotatable bonds is 7. The van der Waals surface area contributed by atoms with E-state index in [9.17, 15) is 17.6 Å². The monoisotopic (exact) mass is 486 g/mol. The van der Waals surface area contributed by atoms with Crippen LogP contribution in [-0.2, 0) is 21.2 Å². The summed E-state index contributed by atoms with van der Waals surface area (Å²) in [6.07, 6.45) is 1.74. The molecular weight excluding hydrogens is 459 g/mol. The summed E-state index contributed by atoms with van der Waals surface area (Å²) >= 11 is 1.59. The van der Waals surface area contributed by atoms with Crippen molar-refractivity contribution in [3.63, 3.8) is 0 Å². The lowest BCUT2D eigenvalue weighted by molar-refractivity contribution is -0.126. The molecule has 1 atom stereocenters. The number of sulfonamides is 1. The molecule has 1 fully saturated rings. The normalized spacial score (nSPS) is 16.4. The number of benzene rings is 2. The Kier molecular flexibility index (Phi) is 7.26. The van der Waals surface area contributed by atoms with Crippen molar-refractivity contribution in [3.8, 4) is 0 Å². The number of carbonyl (C=O) groups is 1.